The number of rotatable bonds is 3. The van der Waals surface area contributed by atoms with Gasteiger partial charge in [-0.2, -0.15) is 0 Å². The van der Waals surface area contributed by atoms with E-state index in [1.54, 1.807) is 0 Å². The largest absolute Gasteiger partial charge is 0.493 e. The number of para-hydroxylation sites is 1. The van der Waals surface area contributed by atoms with Crippen LogP contribution in [-0.4, -0.2) is 36.7 Å². The molecule has 108 valence electrons. The molecule has 4 rings (SSSR count). The van der Waals surface area contributed by atoms with Crippen LogP contribution in [0.2, 0.25) is 0 Å². The normalized spacial score (nSPS) is 30.6. The van der Waals surface area contributed by atoms with Crippen molar-refractivity contribution >= 4 is 0 Å². The minimum absolute atomic E-state index is 0.470. The van der Waals surface area contributed by atoms with E-state index in [0.717, 1.165) is 24.8 Å². The second-order valence-electron chi connectivity index (χ2n) is 6.46. The molecule has 0 aromatic heterocycles. The van der Waals surface area contributed by atoms with Gasteiger partial charge in [-0.15, -0.1) is 0 Å². The van der Waals surface area contributed by atoms with Crippen LogP contribution in [0.25, 0.3) is 0 Å². The molecule has 1 aromatic rings. The van der Waals surface area contributed by atoms with Gasteiger partial charge in [-0.25, -0.2) is 0 Å². The zero-order valence-electron chi connectivity index (χ0n) is 12.1. The van der Waals surface area contributed by atoms with Crippen molar-refractivity contribution in [1.29, 1.82) is 0 Å². The summed E-state index contributed by atoms with van der Waals surface area (Å²) in [6.45, 7) is 3.38. The second-order valence-corrected chi connectivity index (χ2v) is 6.46. The van der Waals surface area contributed by atoms with Gasteiger partial charge in [-0.1, -0.05) is 18.2 Å². The zero-order valence-corrected chi connectivity index (χ0v) is 12.1. The lowest BCUT2D eigenvalue weighted by atomic mass is 10.0. The molecule has 20 heavy (non-hydrogen) atoms. The fraction of sp³-hybridized carbons (Fsp3) is 0.647. The van der Waals surface area contributed by atoms with Crippen molar-refractivity contribution in [3.8, 4) is 5.75 Å². The van der Waals surface area contributed by atoms with E-state index in [9.17, 15) is 0 Å². The van der Waals surface area contributed by atoms with Gasteiger partial charge in [-0.3, -0.25) is 4.90 Å². The van der Waals surface area contributed by atoms with Crippen molar-refractivity contribution in [2.45, 2.75) is 50.2 Å². The van der Waals surface area contributed by atoms with E-state index < -0.39 is 0 Å². The summed E-state index contributed by atoms with van der Waals surface area (Å²) < 4.78 is 5.86. The predicted molar refractivity (Wildman–Crippen MR) is 80.0 cm³/mol. The molecule has 2 aliphatic heterocycles. The number of nitrogens with one attached hydrogen (secondary N) is 1. The van der Waals surface area contributed by atoms with Crippen molar-refractivity contribution in [1.82, 2.24) is 10.2 Å². The van der Waals surface area contributed by atoms with Crippen molar-refractivity contribution < 1.29 is 4.74 Å². The molecule has 3 heteroatoms. The van der Waals surface area contributed by atoms with Gasteiger partial charge in [0.1, 0.15) is 5.75 Å². The van der Waals surface area contributed by atoms with E-state index in [1.807, 2.05) is 0 Å². The van der Waals surface area contributed by atoms with Gasteiger partial charge in [0.2, 0.25) is 0 Å². The summed E-state index contributed by atoms with van der Waals surface area (Å²) in [5.74, 6) is 1.08. The Kier molecular flexibility index (Phi) is 3.41. The van der Waals surface area contributed by atoms with Gasteiger partial charge in [0.15, 0.2) is 0 Å². The molecule has 1 aliphatic carbocycles. The Labute approximate surface area is 121 Å². The molecular formula is C17H24N2O. The molecule has 2 atom stereocenters. The third kappa shape index (κ3) is 2.57. The van der Waals surface area contributed by atoms with Crippen molar-refractivity contribution in [3.05, 3.63) is 29.8 Å². The number of hydrogen-bond acceptors (Lipinski definition) is 3. The van der Waals surface area contributed by atoms with Crippen molar-refractivity contribution in [2.24, 2.45) is 0 Å². The fourth-order valence-electron chi connectivity index (χ4n) is 3.68. The molecule has 1 saturated carbocycles. The molecule has 3 nitrogen and oxygen atoms in total. The highest BCUT2D eigenvalue weighted by Crippen LogP contribution is 2.34. The highest BCUT2D eigenvalue weighted by molar-refractivity contribution is 5.36. The predicted octanol–water partition coefficient (Wildman–Crippen LogP) is 2.73. The van der Waals surface area contributed by atoms with E-state index in [2.05, 4.69) is 34.5 Å². The third-order valence-electron chi connectivity index (χ3n) is 4.91. The lowest BCUT2D eigenvalue weighted by Gasteiger charge is -2.23. The van der Waals surface area contributed by atoms with Crippen molar-refractivity contribution in [3.63, 3.8) is 0 Å². The highest BCUT2D eigenvalue weighted by atomic mass is 16.5. The second kappa shape index (κ2) is 5.38. The maximum atomic E-state index is 5.86. The topological polar surface area (TPSA) is 24.5 Å². The van der Waals surface area contributed by atoms with E-state index in [0.29, 0.717) is 12.1 Å². The number of fused-ring (bicyclic) bond motifs is 1. The van der Waals surface area contributed by atoms with E-state index in [-0.39, 0.29) is 0 Å². The van der Waals surface area contributed by atoms with Crippen LogP contribution in [0.4, 0.5) is 0 Å². The third-order valence-corrected chi connectivity index (χ3v) is 4.91. The van der Waals surface area contributed by atoms with Crippen LogP contribution in [0, 0.1) is 0 Å². The summed E-state index contributed by atoms with van der Waals surface area (Å²) in [6, 6.07) is 10.6. The number of nitrogens with zero attached hydrogens (tertiary/aromatic N) is 1. The number of ether oxygens (including phenoxy) is 1. The molecule has 3 aliphatic rings. The average molecular weight is 272 g/mol. The van der Waals surface area contributed by atoms with E-state index in [4.69, 9.17) is 4.74 Å². The highest BCUT2D eigenvalue weighted by Gasteiger charge is 2.35. The number of likely N-dealkylation sites (tertiary alicyclic amines) is 1. The van der Waals surface area contributed by atoms with Crippen LogP contribution in [0.1, 0.15) is 43.7 Å². The zero-order chi connectivity index (χ0) is 13.4. The minimum atomic E-state index is 0.470. The van der Waals surface area contributed by atoms with E-state index in [1.165, 1.54) is 44.3 Å². The summed E-state index contributed by atoms with van der Waals surface area (Å²) in [7, 11) is 0. The Morgan fingerprint density at radius 2 is 2.00 bits per heavy atom. The van der Waals surface area contributed by atoms with Gasteiger partial charge in [-0.05, 0) is 38.2 Å². The van der Waals surface area contributed by atoms with Crippen molar-refractivity contribution in [2.75, 3.05) is 19.7 Å². The lowest BCUT2D eigenvalue weighted by molar-refractivity contribution is 0.306. The first-order valence-corrected chi connectivity index (χ1v) is 8.12. The van der Waals surface area contributed by atoms with Gasteiger partial charge >= 0.3 is 0 Å². The summed E-state index contributed by atoms with van der Waals surface area (Å²) in [5.41, 5.74) is 1.36. The van der Waals surface area contributed by atoms with Crippen LogP contribution < -0.4 is 10.1 Å². The summed E-state index contributed by atoms with van der Waals surface area (Å²) in [5, 5.41) is 3.90. The van der Waals surface area contributed by atoms with Crippen LogP contribution in [-0.2, 0) is 0 Å². The monoisotopic (exact) mass is 272 g/mol. The summed E-state index contributed by atoms with van der Waals surface area (Å²) >= 11 is 0. The SMILES string of the molecule is c1ccc2c(c1)OCCCC2NC1CCN(C2CC2)C1. The number of hydrogen-bond donors (Lipinski definition) is 1. The quantitative estimate of drug-likeness (QED) is 0.915. The number of benzene rings is 1. The Morgan fingerprint density at radius 1 is 1.10 bits per heavy atom. The minimum Gasteiger partial charge on any atom is -0.493 e. The first kappa shape index (κ1) is 12.7. The first-order valence-electron chi connectivity index (χ1n) is 8.12. The Bertz CT molecular complexity index is 472. The molecular weight excluding hydrogens is 248 g/mol. The summed E-state index contributed by atoms with van der Waals surface area (Å²) in [6.07, 6.45) is 6.48. The van der Waals surface area contributed by atoms with Gasteiger partial charge in [0, 0.05) is 36.8 Å². The summed E-state index contributed by atoms with van der Waals surface area (Å²) in [4.78, 5) is 2.68. The lowest BCUT2D eigenvalue weighted by Crippen LogP contribution is -2.35. The molecule has 2 heterocycles. The molecule has 2 fully saturated rings. The molecule has 2 unspecified atom stereocenters. The van der Waals surface area contributed by atoms with E-state index >= 15 is 0 Å². The maximum absolute atomic E-state index is 5.86. The van der Waals surface area contributed by atoms with Crippen LogP contribution in [0.3, 0.4) is 0 Å². The fourth-order valence-corrected chi connectivity index (χ4v) is 3.68. The van der Waals surface area contributed by atoms with Gasteiger partial charge in [0.25, 0.3) is 0 Å². The molecule has 1 saturated heterocycles. The van der Waals surface area contributed by atoms with Crippen LogP contribution in [0.15, 0.2) is 24.3 Å². The van der Waals surface area contributed by atoms with Crippen LogP contribution >= 0.6 is 0 Å². The Hall–Kier alpha value is -1.06. The van der Waals surface area contributed by atoms with Gasteiger partial charge in [0.05, 0.1) is 6.61 Å². The van der Waals surface area contributed by atoms with Crippen LogP contribution in [0.5, 0.6) is 5.75 Å². The van der Waals surface area contributed by atoms with Gasteiger partial charge < -0.3 is 10.1 Å². The Balaban J connectivity index is 1.45. The maximum Gasteiger partial charge on any atom is 0.124 e. The molecule has 0 radical (unpaired) electrons. The Morgan fingerprint density at radius 3 is 2.90 bits per heavy atom. The molecule has 0 amide bonds. The molecule has 1 N–H and O–H groups in total. The molecule has 1 aromatic carbocycles. The first-order chi connectivity index (χ1) is 9.90. The smallest absolute Gasteiger partial charge is 0.124 e. The standard InChI is InChI=1S/C17H24N2O/c1-2-6-17-15(4-1)16(5-3-11-20-17)18-13-9-10-19(12-13)14-7-8-14/h1-2,4,6,13-14,16,18H,3,5,7-12H2. The molecule has 0 bridgehead atoms. The average Bonchev–Trinajstić information content (AvgIpc) is 3.25. The molecule has 0 spiro atoms.